The number of aryl methyl sites for hydroxylation is 1. The maximum atomic E-state index is 13.4. The summed E-state index contributed by atoms with van der Waals surface area (Å²) in [5, 5.41) is 2.95. The average Bonchev–Trinajstić information content (AvgIpc) is 2.98. The number of hydrogen-bond donors (Lipinski definition) is 2. The van der Waals surface area contributed by atoms with Gasteiger partial charge in [-0.2, -0.15) is 0 Å². The van der Waals surface area contributed by atoms with E-state index >= 15 is 0 Å². The van der Waals surface area contributed by atoms with Gasteiger partial charge in [0.1, 0.15) is 6.04 Å². The topological polar surface area (TPSA) is 114 Å². The number of nitrogens with zero attached hydrogens (tertiary/aromatic N) is 1. The van der Waals surface area contributed by atoms with Crippen molar-refractivity contribution in [3.8, 4) is 11.5 Å². The van der Waals surface area contributed by atoms with E-state index in [0.717, 1.165) is 16.7 Å². The summed E-state index contributed by atoms with van der Waals surface area (Å²) >= 11 is 0. The zero-order chi connectivity index (χ0) is 29.8. The molecular weight excluding hydrogens is 542 g/mol. The second-order valence-electron chi connectivity index (χ2n) is 9.56. The van der Waals surface area contributed by atoms with Gasteiger partial charge in [0, 0.05) is 26.1 Å². The molecule has 0 aliphatic rings. The number of nitrogens with one attached hydrogen (secondary N) is 2. The average molecular weight is 582 g/mol. The van der Waals surface area contributed by atoms with Crippen molar-refractivity contribution in [1.82, 2.24) is 14.9 Å². The lowest BCUT2D eigenvalue weighted by molar-refractivity contribution is -0.140. The summed E-state index contributed by atoms with van der Waals surface area (Å²) in [5.41, 5.74) is 2.74. The van der Waals surface area contributed by atoms with E-state index in [1.807, 2.05) is 48.5 Å². The van der Waals surface area contributed by atoms with Crippen LogP contribution in [0.3, 0.4) is 0 Å². The third-order valence-electron chi connectivity index (χ3n) is 6.72. The largest absolute Gasteiger partial charge is 0.493 e. The summed E-state index contributed by atoms with van der Waals surface area (Å²) in [5.74, 6) is 0.852. The highest BCUT2D eigenvalue weighted by molar-refractivity contribution is 7.89. The van der Waals surface area contributed by atoms with Gasteiger partial charge in [-0.15, -0.1) is 0 Å². The fourth-order valence-electron chi connectivity index (χ4n) is 4.38. The Bertz CT molecular complexity index is 1400. The molecule has 2 N–H and O–H groups in total. The monoisotopic (exact) mass is 581 g/mol. The smallest absolute Gasteiger partial charge is 0.242 e. The molecule has 0 unspecified atom stereocenters. The van der Waals surface area contributed by atoms with Crippen LogP contribution in [-0.4, -0.2) is 58.5 Å². The molecule has 0 fully saturated rings. The number of benzene rings is 3. The summed E-state index contributed by atoms with van der Waals surface area (Å²) in [6.07, 6.45) is 1.18. The second-order valence-corrected chi connectivity index (χ2v) is 11.3. The fraction of sp³-hybridized carbons (Fsp3) is 0.355. The van der Waals surface area contributed by atoms with E-state index in [1.165, 1.54) is 12.1 Å². The highest BCUT2D eigenvalue weighted by Crippen LogP contribution is 2.27. The van der Waals surface area contributed by atoms with Gasteiger partial charge >= 0.3 is 0 Å². The van der Waals surface area contributed by atoms with Crippen molar-refractivity contribution in [3.05, 3.63) is 89.5 Å². The molecule has 0 radical (unpaired) electrons. The summed E-state index contributed by atoms with van der Waals surface area (Å²) in [7, 11) is -0.384. The van der Waals surface area contributed by atoms with Crippen LogP contribution in [0.1, 0.15) is 37.0 Å². The lowest BCUT2D eigenvalue weighted by atomic mass is 10.1. The molecule has 3 aromatic carbocycles. The van der Waals surface area contributed by atoms with Crippen molar-refractivity contribution < 1.29 is 27.5 Å². The minimum Gasteiger partial charge on any atom is -0.493 e. The molecule has 10 heteroatoms. The first-order valence-corrected chi connectivity index (χ1v) is 15.1. The molecule has 3 rings (SSSR count). The highest BCUT2D eigenvalue weighted by Gasteiger charge is 2.26. The number of methoxy groups -OCH3 is 2. The molecule has 0 saturated carbocycles. The predicted octanol–water partition coefficient (Wildman–Crippen LogP) is 3.71. The minimum absolute atomic E-state index is 0.166. The van der Waals surface area contributed by atoms with Gasteiger partial charge in [-0.05, 0) is 60.7 Å². The van der Waals surface area contributed by atoms with Gasteiger partial charge in [-0.25, -0.2) is 13.1 Å². The molecule has 0 aliphatic heterocycles. The lowest BCUT2D eigenvalue weighted by Gasteiger charge is -2.29. The van der Waals surface area contributed by atoms with Crippen LogP contribution in [0.25, 0.3) is 0 Å². The van der Waals surface area contributed by atoms with Gasteiger partial charge in [0.05, 0.1) is 19.1 Å². The molecule has 2 amide bonds. The van der Waals surface area contributed by atoms with Crippen LogP contribution < -0.4 is 19.5 Å². The Morgan fingerprint density at radius 1 is 0.854 bits per heavy atom. The molecule has 0 saturated heterocycles. The number of ether oxygens (including phenoxy) is 2. The normalized spacial score (nSPS) is 11.9. The first kappa shape index (κ1) is 31.6. The van der Waals surface area contributed by atoms with Crippen molar-refractivity contribution >= 4 is 21.8 Å². The molecule has 0 spiro atoms. The Hall–Kier alpha value is -3.89. The van der Waals surface area contributed by atoms with Gasteiger partial charge in [0.15, 0.2) is 11.5 Å². The van der Waals surface area contributed by atoms with Crippen LogP contribution in [0, 0.1) is 0 Å². The number of hydrogen-bond acceptors (Lipinski definition) is 6. The Labute approximate surface area is 242 Å². The number of sulfonamides is 1. The Balaban J connectivity index is 1.64. The Kier molecular flexibility index (Phi) is 11.7. The van der Waals surface area contributed by atoms with Crippen LogP contribution in [0.2, 0.25) is 0 Å². The summed E-state index contributed by atoms with van der Waals surface area (Å²) < 4.78 is 37.5. The van der Waals surface area contributed by atoms with E-state index in [4.69, 9.17) is 9.47 Å². The van der Waals surface area contributed by atoms with Gasteiger partial charge < -0.3 is 19.7 Å². The lowest BCUT2D eigenvalue weighted by Crippen LogP contribution is -2.48. The summed E-state index contributed by atoms with van der Waals surface area (Å²) in [6, 6.07) is 21.0. The third kappa shape index (κ3) is 9.06. The van der Waals surface area contributed by atoms with Gasteiger partial charge in [0.2, 0.25) is 21.8 Å². The Morgan fingerprint density at radius 2 is 1.51 bits per heavy atom. The van der Waals surface area contributed by atoms with Crippen LogP contribution >= 0.6 is 0 Å². The van der Waals surface area contributed by atoms with E-state index in [-0.39, 0.29) is 23.1 Å². The van der Waals surface area contributed by atoms with Crippen LogP contribution in [0.5, 0.6) is 11.5 Å². The van der Waals surface area contributed by atoms with Gasteiger partial charge in [-0.3, -0.25) is 9.59 Å². The first-order valence-electron chi connectivity index (χ1n) is 13.6. The van der Waals surface area contributed by atoms with Gasteiger partial charge in [-0.1, -0.05) is 55.5 Å². The van der Waals surface area contributed by atoms with E-state index < -0.39 is 16.1 Å². The van der Waals surface area contributed by atoms with Crippen molar-refractivity contribution in [2.75, 3.05) is 27.3 Å². The predicted molar refractivity (Wildman–Crippen MR) is 158 cm³/mol. The molecule has 0 aliphatic carbocycles. The maximum Gasteiger partial charge on any atom is 0.242 e. The van der Waals surface area contributed by atoms with Crippen LogP contribution in [0.4, 0.5) is 0 Å². The summed E-state index contributed by atoms with van der Waals surface area (Å²) in [4.78, 5) is 28.3. The molecule has 9 nitrogen and oxygen atoms in total. The molecule has 3 aromatic rings. The standard InChI is InChI=1S/C31H39N3O6S/c1-5-33-41(37,38)27-15-11-24(12-16-27)14-18-30(35)34(22-26-9-7-6-8-10-26)23(2)31(36)32-20-19-25-13-17-28(39-3)29(21-25)40-4/h6-13,15-17,21,23,33H,5,14,18-20,22H2,1-4H3,(H,32,36)/t23-/m0/s1. The minimum atomic E-state index is -3.54. The van der Waals surface area contributed by atoms with E-state index in [2.05, 4.69) is 10.0 Å². The zero-order valence-corrected chi connectivity index (χ0v) is 24.9. The van der Waals surface area contributed by atoms with E-state index in [1.54, 1.807) is 45.1 Å². The molecule has 0 aromatic heterocycles. The molecule has 41 heavy (non-hydrogen) atoms. The molecule has 1 atom stereocenters. The van der Waals surface area contributed by atoms with Crippen molar-refractivity contribution in [2.24, 2.45) is 0 Å². The van der Waals surface area contributed by atoms with Crippen LogP contribution in [0.15, 0.2) is 77.7 Å². The molecule has 0 heterocycles. The first-order chi connectivity index (χ1) is 19.7. The quantitative estimate of drug-likeness (QED) is 0.283. The zero-order valence-electron chi connectivity index (χ0n) is 24.1. The maximum absolute atomic E-state index is 13.4. The van der Waals surface area contributed by atoms with Crippen molar-refractivity contribution in [3.63, 3.8) is 0 Å². The number of carbonyl (C=O) groups is 2. The number of rotatable bonds is 15. The summed E-state index contributed by atoms with van der Waals surface area (Å²) in [6.45, 7) is 4.45. The van der Waals surface area contributed by atoms with E-state index in [0.29, 0.717) is 44.0 Å². The molecule has 220 valence electrons. The Morgan fingerprint density at radius 3 is 2.15 bits per heavy atom. The fourth-order valence-corrected chi connectivity index (χ4v) is 5.42. The molecule has 0 bridgehead atoms. The second kappa shape index (κ2) is 15.2. The van der Waals surface area contributed by atoms with Crippen molar-refractivity contribution in [1.29, 1.82) is 0 Å². The number of amides is 2. The molecular formula is C31H39N3O6S. The van der Waals surface area contributed by atoms with Gasteiger partial charge in [0.25, 0.3) is 0 Å². The SMILES string of the molecule is CCNS(=O)(=O)c1ccc(CCC(=O)N(Cc2ccccc2)[C@@H](C)C(=O)NCCc2ccc(OC)c(OC)c2)cc1. The number of carbonyl (C=O) groups excluding carboxylic acids is 2. The van der Waals surface area contributed by atoms with Crippen LogP contribution in [-0.2, 0) is 39.0 Å². The van der Waals surface area contributed by atoms with Crippen molar-refractivity contribution in [2.45, 2.75) is 50.6 Å². The van der Waals surface area contributed by atoms with E-state index in [9.17, 15) is 18.0 Å². The third-order valence-corrected chi connectivity index (χ3v) is 8.28. The highest BCUT2D eigenvalue weighted by atomic mass is 32.2.